The molecule has 5 nitrogen and oxygen atoms in total. The quantitative estimate of drug-likeness (QED) is 0.499. The Morgan fingerprint density at radius 1 is 1.15 bits per heavy atom. The van der Waals surface area contributed by atoms with Crippen molar-refractivity contribution in [2.24, 2.45) is 0 Å². The van der Waals surface area contributed by atoms with Gasteiger partial charge in [-0.05, 0) is 13.0 Å². The molecular formula is C14H8Cl2F5N5. The molecule has 0 fully saturated rings. The summed E-state index contributed by atoms with van der Waals surface area (Å²) in [6, 6.07) is -0.715. The maximum atomic E-state index is 14.3. The molecule has 0 aliphatic rings. The number of halogens is 7. The Balaban J connectivity index is 2.32. The number of fused-ring (bicyclic) bond motifs is 1. The summed E-state index contributed by atoms with van der Waals surface area (Å²) in [6.45, 7) is 0.851. The van der Waals surface area contributed by atoms with Gasteiger partial charge in [0, 0.05) is 11.6 Å². The van der Waals surface area contributed by atoms with Gasteiger partial charge in [0.05, 0.1) is 10.6 Å². The molecule has 1 N–H and O–H groups in total. The number of nitrogens with one attached hydrogen (secondary N) is 1. The summed E-state index contributed by atoms with van der Waals surface area (Å²) in [7, 11) is 0. The van der Waals surface area contributed by atoms with Crippen molar-refractivity contribution in [1.29, 1.82) is 0 Å². The molecule has 3 aromatic rings. The number of alkyl halides is 3. The van der Waals surface area contributed by atoms with Crippen LogP contribution in [0.3, 0.4) is 0 Å². The number of benzene rings is 1. The number of nitrogens with zero attached hydrogens (tertiary/aromatic N) is 4. The summed E-state index contributed by atoms with van der Waals surface area (Å²) >= 11 is 12.0. The highest BCUT2D eigenvalue weighted by Crippen LogP contribution is 2.41. The zero-order valence-electron chi connectivity index (χ0n) is 12.7. The van der Waals surface area contributed by atoms with Crippen LogP contribution in [-0.2, 0) is 0 Å². The van der Waals surface area contributed by atoms with Crippen molar-refractivity contribution in [2.75, 3.05) is 5.32 Å². The van der Waals surface area contributed by atoms with Crippen molar-refractivity contribution in [3.63, 3.8) is 0 Å². The second-order valence-corrected chi connectivity index (χ2v) is 6.02. The van der Waals surface area contributed by atoms with Crippen molar-refractivity contribution < 1.29 is 22.0 Å². The first-order chi connectivity index (χ1) is 12.1. The summed E-state index contributed by atoms with van der Waals surface area (Å²) in [5, 5.41) is 5.18. The molecule has 26 heavy (non-hydrogen) atoms. The predicted octanol–water partition coefficient (Wildman–Crippen LogP) is 4.74. The van der Waals surface area contributed by atoms with Crippen LogP contribution < -0.4 is 5.32 Å². The van der Waals surface area contributed by atoms with Crippen LogP contribution in [0, 0.1) is 11.6 Å². The highest BCUT2D eigenvalue weighted by atomic mass is 35.5. The summed E-state index contributed by atoms with van der Waals surface area (Å²) in [5.74, 6) is -2.54. The molecule has 0 radical (unpaired) electrons. The van der Waals surface area contributed by atoms with Crippen LogP contribution in [0.4, 0.5) is 27.8 Å². The molecule has 12 heteroatoms. The fraction of sp³-hybridized carbons (Fsp3) is 0.214. The van der Waals surface area contributed by atoms with Gasteiger partial charge in [-0.3, -0.25) is 0 Å². The van der Waals surface area contributed by atoms with Gasteiger partial charge in [-0.25, -0.2) is 8.78 Å². The number of hydrogen-bond acceptors (Lipinski definition) is 4. The van der Waals surface area contributed by atoms with Gasteiger partial charge in [-0.15, -0.1) is 0 Å². The molecule has 1 atom stereocenters. The Morgan fingerprint density at radius 3 is 2.46 bits per heavy atom. The standard InChI is InChI=1S/C14H8Cl2F5N5/c1-5(14(19,20)21)24-12-10(9-7(15)2-6(17)3-8(9)18)11(16)25-13-22-4-23-26(12)13/h2-5,24H,1H3/t5-/m0/s1. The molecule has 0 saturated carbocycles. The number of rotatable bonds is 3. The van der Waals surface area contributed by atoms with E-state index in [1.165, 1.54) is 0 Å². The van der Waals surface area contributed by atoms with E-state index in [1.807, 2.05) is 0 Å². The lowest BCUT2D eigenvalue weighted by Gasteiger charge is -2.21. The highest BCUT2D eigenvalue weighted by molar-refractivity contribution is 6.36. The van der Waals surface area contributed by atoms with Gasteiger partial charge in [-0.2, -0.15) is 32.8 Å². The molecule has 0 unspecified atom stereocenters. The zero-order chi connectivity index (χ0) is 19.2. The first-order valence-electron chi connectivity index (χ1n) is 6.97. The molecule has 0 aliphatic heterocycles. The van der Waals surface area contributed by atoms with Gasteiger partial charge in [0.15, 0.2) is 0 Å². The van der Waals surface area contributed by atoms with Gasteiger partial charge in [0.1, 0.15) is 35.0 Å². The number of hydrogen-bond donors (Lipinski definition) is 1. The second-order valence-electron chi connectivity index (χ2n) is 5.25. The van der Waals surface area contributed by atoms with Crippen LogP contribution in [0.1, 0.15) is 6.92 Å². The van der Waals surface area contributed by atoms with Crippen LogP contribution in [0.15, 0.2) is 18.5 Å². The van der Waals surface area contributed by atoms with E-state index in [1.54, 1.807) is 0 Å². The fourth-order valence-electron chi connectivity index (χ4n) is 2.24. The molecule has 0 spiro atoms. The molecule has 0 amide bonds. The van der Waals surface area contributed by atoms with E-state index in [-0.39, 0.29) is 22.3 Å². The normalized spacial score (nSPS) is 13.2. The van der Waals surface area contributed by atoms with Gasteiger partial charge in [0.2, 0.25) is 0 Å². The molecule has 2 heterocycles. The average molecular weight is 412 g/mol. The van der Waals surface area contributed by atoms with Crippen LogP contribution in [0.5, 0.6) is 0 Å². The smallest absolute Gasteiger partial charge is 0.358 e. The molecule has 3 rings (SSSR count). The molecule has 138 valence electrons. The third kappa shape index (κ3) is 3.26. The summed E-state index contributed by atoms with van der Waals surface area (Å²) in [4.78, 5) is 7.61. The molecule has 0 bridgehead atoms. The number of aromatic nitrogens is 4. The first kappa shape index (κ1) is 18.6. The molecule has 2 aromatic heterocycles. The fourth-order valence-corrected chi connectivity index (χ4v) is 2.79. The predicted molar refractivity (Wildman–Crippen MR) is 85.3 cm³/mol. The lowest BCUT2D eigenvalue weighted by molar-refractivity contribution is -0.138. The molecular weight excluding hydrogens is 404 g/mol. The van der Waals surface area contributed by atoms with Crippen molar-refractivity contribution >= 4 is 34.8 Å². The highest BCUT2D eigenvalue weighted by Gasteiger charge is 2.37. The van der Waals surface area contributed by atoms with E-state index in [0.717, 1.165) is 23.8 Å². The van der Waals surface area contributed by atoms with Crippen molar-refractivity contribution in [3.8, 4) is 11.1 Å². The van der Waals surface area contributed by atoms with Gasteiger partial charge in [0.25, 0.3) is 5.78 Å². The van der Waals surface area contributed by atoms with Crippen LogP contribution in [0.25, 0.3) is 16.9 Å². The van der Waals surface area contributed by atoms with Gasteiger partial charge in [-0.1, -0.05) is 23.2 Å². The van der Waals surface area contributed by atoms with Crippen molar-refractivity contribution in [1.82, 2.24) is 19.6 Å². The Morgan fingerprint density at radius 2 is 1.85 bits per heavy atom. The first-order valence-corrected chi connectivity index (χ1v) is 7.72. The summed E-state index contributed by atoms with van der Waals surface area (Å²) in [5.41, 5.74) is -0.719. The van der Waals surface area contributed by atoms with E-state index in [2.05, 4.69) is 20.4 Å². The van der Waals surface area contributed by atoms with E-state index in [0.29, 0.717) is 6.07 Å². The molecule has 0 saturated heterocycles. The molecule has 0 aliphatic carbocycles. The Bertz CT molecular complexity index is 965. The topological polar surface area (TPSA) is 55.1 Å². The minimum Gasteiger partial charge on any atom is -0.358 e. The minimum absolute atomic E-state index is 0.116. The largest absolute Gasteiger partial charge is 0.408 e. The Labute approximate surface area is 152 Å². The minimum atomic E-state index is -4.62. The Kier molecular flexibility index (Phi) is 4.65. The van der Waals surface area contributed by atoms with Gasteiger partial charge >= 0.3 is 6.18 Å². The van der Waals surface area contributed by atoms with E-state index in [9.17, 15) is 22.0 Å². The van der Waals surface area contributed by atoms with Crippen LogP contribution >= 0.6 is 23.2 Å². The molecule has 1 aromatic carbocycles. The second kappa shape index (κ2) is 6.51. The summed E-state index contributed by atoms with van der Waals surface area (Å²) in [6.07, 6.45) is -3.58. The summed E-state index contributed by atoms with van der Waals surface area (Å²) < 4.78 is 67.6. The zero-order valence-corrected chi connectivity index (χ0v) is 14.3. The van der Waals surface area contributed by atoms with Crippen LogP contribution in [-0.4, -0.2) is 31.8 Å². The van der Waals surface area contributed by atoms with E-state index in [4.69, 9.17) is 23.2 Å². The van der Waals surface area contributed by atoms with E-state index < -0.39 is 34.4 Å². The van der Waals surface area contributed by atoms with Gasteiger partial charge < -0.3 is 5.32 Å². The third-order valence-corrected chi connectivity index (χ3v) is 4.06. The SMILES string of the molecule is C[C@H](Nc1c(-c2c(F)cc(F)cc2Cl)c(Cl)nc2ncnn12)C(F)(F)F. The maximum absolute atomic E-state index is 14.3. The maximum Gasteiger partial charge on any atom is 0.408 e. The van der Waals surface area contributed by atoms with E-state index >= 15 is 0 Å². The lowest BCUT2D eigenvalue weighted by atomic mass is 10.1. The average Bonchev–Trinajstić information content (AvgIpc) is 2.95. The third-order valence-electron chi connectivity index (χ3n) is 3.48. The van der Waals surface area contributed by atoms with Crippen molar-refractivity contribution in [2.45, 2.75) is 19.1 Å². The van der Waals surface area contributed by atoms with Crippen LogP contribution in [0.2, 0.25) is 10.2 Å². The van der Waals surface area contributed by atoms with Crippen molar-refractivity contribution in [3.05, 3.63) is 40.3 Å². The Hall–Kier alpha value is -2.20. The number of anilines is 1. The monoisotopic (exact) mass is 411 g/mol. The lowest BCUT2D eigenvalue weighted by Crippen LogP contribution is -2.34.